The molecular weight excluding hydrogens is 328 g/mol. The highest BCUT2D eigenvalue weighted by atomic mass is 16.5. The number of piperidine rings is 1. The molecule has 0 aromatic heterocycles. The van der Waals surface area contributed by atoms with E-state index in [1.54, 1.807) is 0 Å². The number of carbonyl (C=O) groups is 1. The van der Waals surface area contributed by atoms with Gasteiger partial charge < -0.3 is 20.7 Å². The largest absolute Gasteiger partial charge is 0.484 e. The number of nitrogens with one attached hydrogen (secondary N) is 1. The highest BCUT2D eigenvalue weighted by Gasteiger charge is 2.31. The highest BCUT2D eigenvalue weighted by molar-refractivity contribution is 5.80. The number of ether oxygens (including phenoxy) is 1. The molecule has 3 N–H and O–H groups in total. The second kappa shape index (κ2) is 9.46. The summed E-state index contributed by atoms with van der Waals surface area (Å²) in [5.74, 6) is 1.11. The molecular formula is C20H32N4O2. The van der Waals surface area contributed by atoms with E-state index in [1.165, 1.54) is 25.7 Å². The van der Waals surface area contributed by atoms with Crippen LogP contribution < -0.4 is 15.8 Å². The van der Waals surface area contributed by atoms with Gasteiger partial charge in [0.1, 0.15) is 5.75 Å². The second-order valence-electron chi connectivity index (χ2n) is 7.39. The van der Waals surface area contributed by atoms with Crippen molar-refractivity contribution in [2.24, 2.45) is 16.1 Å². The Balaban J connectivity index is 1.94. The summed E-state index contributed by atoms with van der Waals surface area (Å²) in [6.45, 7) is 7.27. The molecule has 1 heterocycles. The lowest BCUT2D eigenvalue weighted by atomic mass is 9.78. The number of carbonyl (C=O) groups excluding carboxylic acids is 1. The molecule has 144 valence electrons. The van der Waals surface area contributed by atoms with E-state index in [4.69, 9.17) is 10.5 Å². The summed E-state index contributed by atoms with van der Waals surface area (Å²) in [6.07, 6.45) is 4.95. The minimum absolute atomic E-state index is 0.109. The molecule has 6 nitrogen and oxygen atoms in total. The van der Waals surface area contributed by atoms with Crippen LogP contribution in [-0.4, -0.2) is 43.5 Å². The van der Waals surface area contributed by atoms with Crippen molar-refractivity contribution in [1.82, 2.24) is 10.2 Å². The zero-order valence-electron chi connectivity index (χ0n) is 16.3. The topological polar surface area (TPSA) is 79.9 Å². The van der Waals surface area contributed by atoms with Gasteiger partial charge in [0, 0.05) is 26.7 Å². The summed E-state index contributed by atoms with van der Waals surface area (Å²) >= 11 is 0. The maximum absolute atomic E-state index is 10.8. The highest BCUT2D eigenvalue weighted by Crippen LogP contribution is 2.33. The van der Waals surface area contributed by atoms with Crippen molar-refractivity contribution < 1.29 is 9.53 Å². The van der Waals surface area contributed by atoms with Crippen molar-refractivity contribution in [3.8, 4) is 5.75 Å². The second-order valence-corrected chi connectivity index (χ2v) is 7.39. The minimum Gasteiger partial charge on any atom is -0.484 e. The molecule has 1 aromatic carbocycles. The van der Waals surface area contributed by atoms with Crippen molar-refractivity contribution in [1.29, 1.82) is 0 Å². The van der Waals surface area contributed by atoms with Crippen LogP contribution in [0.15, 0.2) is 29.3 Å². The molecule has 0 bridgehead atoms. The van der Waals surface area contributed by atoms with Gasteiger partial charge in [0.15, 0.2) is 12.6 Å². The SMILES string of the molecule is CCCC1(C)CCCN(C(=NC)NCc2cccc(OCC(N)=O)c2)C1. The van der Waals surface area contributed by atoms with E-state index in [1.807, 2.05) is 31.3 Å². The van der Waals surface area contributed by atoms with Crippen LogP contribution >= 0.6 is 0 Å². The Morgan fingerprint density at radius 3 is 2.96 bits per heavy atom. The molecule has 0 saturated carbocycles. The van der Waals surface area contributed by atoms with Crippen molar-refractivity contribution in [2.75, 3.05) is 26.7 Å². The van der Waals surface area contributed by atoms with E-state index < -0.39 is 5.91 Å². The predicted molar refractivity (Wildman–Crippen MR) is 105 cm³/mol. The van der Waals surface area contributed by atoms with Crippen molar-refractivity contribution in [3.05, 3.63) is 29.8 Å². The van der Waals surface area contributed by atoms with E-state index in [2.05, 4.69) is 29.1 Å². The number of rotatable bonds is 7. The fourth-order valence-corrected chi connectivity index (χ4v) is 3.72. The number of guanidine groups is 1. The number of benzene rings is 1. The number of aliphatic imine (C=N–C) groups is 1. The first-order valence-corrected chi connectivity index (χ1v) is 9.41. The molecule has 1 saturated heterocycles. The zero-order chi connectivity index (χ0) is 19.0. The van der Waals surface area contributed by atoms with Gasteiger partial charge in [-0.15, -0.1) is 0 Å². The molecule has 6 heteroatoms. The molecule has 0 radical (unpaired) electrons. The van der Waals surface area contributed by atoms with Gasteiger partial charge in [0.25, 0.3) is 5.91 Å². The van der Waals surface area contributed by atoms with Crippen LogP contribution in [0.1, 0.15) is 45.1 Å². The van der Waals surface area contributed by atoms with E-state index in [0.29, 0.717) is 17.7 Å². The predicted octanol–water partition coefficient (Wildman–Crippen LogP) is 2.53. The van der Waals surface area contributed by atoms with Crippen molar-refractivity contribution in [3.63, 3.8) is 0 Å². The van der Waals surface area contributed by atoms with Gasteiger partial charge in [0.05, 0.1) is 0 Å². The Bertz CT molecular complexity index is 628. The molecule has 2 rings (SSSR count). The fourth-order valence-electron chi connectivity index (χ4n) is 3.72. The van der Waals surface area contributed by atoms with Crippen LogP contribution in [-0.2, 0) is 11.3 Å². The Morgan fingerprint density at radius 1 is 1.46 bits per heavy atom. The normalized spacial score (nSPS) is 20.7. The first-order valence-electron chi connectivity index (χ1n) is 9.41. The standard InChI is InChI=1S/C20H32N4O2/c1-4-9-20(2)10-6-11-24(15-20)19(22-3)23-13-16-7-5-8-17(12-16)26-14-18(21)25/h5,7-8,12H,4,6,9-11,13-15H2,1-3H3,(H2,21,25)(H,22,23). The van der Waals surface area contributed by atoms with Gasteiger partial charge in [-0.1, -0.05) is 32.4 Å². The fraction of sp³-hybridized carbons (Fsp3) is 0.600. The van der Waals surface area contributed by atoms with Crippen molar-refractivity contribution >= 4 is 11.9 Å². The molecule has 1 aliphatic heterocycles. The number of nitrogens with two attached hydrogens (primary N) is 1. The van der Waals surface area contributed by atoms with Gasteiger partial charge in [0.2, 0.25) is 0 Å². The molecule has 1 fully saturated rings. The quantitative estimate of drug-likeness (QED) is 0.578. The third-order valence-corrected chi connectivity index (χ3v) is 4.88. The third kappa shape index (κ3) is 5.93. The minimum atomic E-state index is -0.478. The van der Waals surface area contributed by atoms with Crippen LogP contribution in [0.2, 0.25) is 0 Å². The first kappa shape index (κ1) is 20.1. The zero-order valence-corrected chi connectivity index (χ0v) is 16.3. The van der Waals surface area contributed by atoms with Crippen molar-refractivity contribution in [2.45, 2.75) is 46.1 Å². The molecule has 1 amide bonds. The average Bonchev–Trinajstić information content (AvgIpc) is 2.61. The summed E-state index contributed by atoms with van der Waals surface area (Å²) in [4.78, 5) is 17.7. The van der Waals surface area contributed by atoms with E-state index in [-0.39, 0.29) is 6.61 Å². The van der Waals surface area contributed by atoms with Crippen LogP contribution in [0, 0.1) is 5.41 Å². The molecule has 0 aliphatic carbocycles. The summed E-state index contributed by atoms with van der Waals surface area (Å²) in [7, 11) is 1.83. The number of likely N-dealkylation sites (tertiary alicyclic amines) is 1. The molecule has 1 atom stereocenters. The third-order valence-electron chi connectivity index (χ3n) is 4.88. The Hall–Kier alpha value is -2.24. The van der Waals surface area contributed by atoms with Crippen LogP contribution in [0.3, 0.4) is 0 Å². The number of primary amides is 1. The van der Waals surface area contributed by atoms with Crippen LogP contribution in [0.25, 0.3) is 0 Å². The smallest absolute Gasteiger partial charge is 0.255 e. The summed E-state index contributed by atoms with van der Waals surface area (Å²) < 4.78 is 5.37. The maximum Gasteiger partial charge on any atom is 0.255 e. The number of nitrogens with zero attached hydrogens (tertiary/aromatic N) is 2. The Kier molecular flexibility index (Phi) is 7.30. The lowest BCUT2D eigenvalue weighted by Crippen LogP contribution is -2.49. The summed E-state index contributed by atoms with van der Waals surface area (Å²) in [5, 5.41) is 3.46. The molecule has 1 aromatic rings. The van der Waals surface area contributed by atoms with E-state index in [0.717, 1.165) is 24.6 Å². The molecule has 1 unspecified atom stereocenters. The Labute approximate surface area is 156 Å². The maximum atomic E-state index is 10.8. The number of hydrogen-bond acceptors (Lipinski definition) is 3. The lowest BCUT2D eigenvalue weighted by Gasteiger charge is -2.42. The van der Waals surface area contributed by atoms with Crippen LogP contribution in [0.4, 0.5) is 0 Å². The molecule has 1 aliphatic rings. The number of hydrogen-bond donors (Lipinski definition) is 2. The molecule has 0 spiro atoms. The van der Waals surface area contributed by atoms with Gasteiger partial charge in [-0.25, -0.2) is 0 Å². The van der Waals surface area contributed by atoms with Gasteiger partial charge >= 0.3 is 0 Å². The number of amides is 1. The van der Waals surface area contributed by atoms with Gasteiger partial charge in [-0.2, -0.15) is 0 Å². The van der Waals surface area contributed by atoms with E-state index >= 15 is 0 Å². The van der Waals surface area contributed by atoms with Gasteiger partial charge in [-0.3, -0.25) is 9.79 Å². The van der Waals surface area contributed by atoms with Crippen LogP contribution in [0.5, 0.6) is 5.75 Å². The van der Waals surface area contributed by atoms with E-state index in [9.17, 15) is 4.79 Å². The monoisotopic (exact) mass is 360 g/mol. The summed E-state index contributed by atoms with van der Waals surface area (Å²) in [6, 6.07) is 7.67. The average molecular weight is 361 g/mol. The molecule has 26 heavy (non-hydrogen) atoms. The first-order chi connectivity index (χ1) is 12.5. The Morgan fingerprint density at radius 2 is 2.27 bits per heavy atom. The summed E-state index contributed by atoms with van der Waals surface area (Å²) in [5.41, 5.74) is 6.56. The lowest BCUT2D eigenvalue weighted by molar-refractivity contribution is -0.119. The van der Waals surface area contributed by atoms with Gasteiger partial charge in [-0.05, 0) is 42.4 Å².